The lowest BCUT2D eigenvalue weighted by molar-refractivity contribution is 0.653. The van der Waals surface area contributed by atoms with Crippen LogP contribution in [0.3, 0.4) is 0 Å². The first kappa shape index (κ1) is 35.6. The fourth-order valence-corrected chi connectivity index (χ4v) is 9.12. The van der Waals surface area contributed by atoms with Gasteiger partial charge in [-0.15, -0.1) is 0 Å². The number of fused-ring (bicyclic) bond motifs is 6. The minimum atomic E-state index is 0.568. The second kappa shape index (κ2) is 14.7. The smallest absolute Gasteiger partial charge is 0.231 e. The maximum atomic E-state index is 6.49. The van der Waals surface area contributed by atoms with Gasteiger partial charge in [0.05, 0.1) is 22.1 Å². The average molecular weight is 792 g/mol. The van der Waals surface area contributed by atoms with E-state index in [1.807, 2.05) is 24.3 Å². The van der Waals surface area contributed by atoms with Gasteiger partial charge in [-0.25, -0.2) is 4.98 Å². The molecule has 3 aromatic heterocycles. The largest absolute Gasteiger partial charge is 0.438 e. The zero-order valence-corrected chi connectivity index (χ0v) is 33.6. The van der Waals surface area contributed by atoms with Gasteiger partial charge in [-0.3, -0.25) is 0 Å². The molecular formula is C58H37N3O. The van der Waals surface area contributed by atoms with Gasteiger partial charge in [0.1, 0.15) is 5.58 Å². The zero-order valence-electron chi connectivity index (χ0n) is 33.6. The molecule has 4 heteroatoms. The Labute approximate surface area is 358 Å². The maximum Gasteiger partial charge on any atom is 0.231 e. The summed E-state index contributed by atoms with van der Waals surface area (Å²) in [5.74, 6) is 0.609. The fraction of sp³-hybridized carbons (Fsp3) is 0. The van der Waals surface area contributed by atoms with E-state index in [0.717, 1.165) is 72.2 Å². The highest BCUT2D eigenvalue weighted by molar-refractivity contribution is 6.17. The number of nitrogens with zero attached hydrogens (tertiary/aromatic N) is 3. The molecule has 0 radical (unpaired) electrons. The standard InChI is InChI=1S/C58H37N3O/c1-4-16-38(17-5-1)41-22-12-25-45(34-41)56-55-49-28-10-11-31-53(49)62-58(55)60-57(59-56)46-26-13-24-44(35-46)48-29-15-30-52-54(48)50-37-43(40-20-8-3-9-21-40)32-33-51(50)61(52)47-27-14-23-42(36-47)39-18-6-2-7-19-39/h1-37H. The molecule has 0 spiro atoms. The molecule has 0 atom stereocenters. The summed E-state index contributed by atoms with van der Waals surface area (Å²) in [6, 6.07) is 79.5. The maximum absolute atomic E-state index is 6.49. The van der Waals surface area contributed by atoms with Crippen LogP contribution in [0.5, 0.6) is 0 Å². The van der Waals surface area contributed by atoms with Crippen molar-refractivity contribution < 1.29 is 4.42 Å². The number of rotatable bonds is 7. The quantitative estimate of drug-likeness (QED) is 0.161. The summed E-state index contributed by atoms with van der Waals surface area (Å²) < 4.78 is 8.90. The van der Waals surface area contributed by atoms with E-state index in [1.54, 1.807) is 0 Å². The SMILES string of the molecule is c1ccc(-c2cccc(-c3nc(-c4cccc(-c5cccc6c5c5cc(-c7ccccc7)ccc5n6-c5cccc(-c6ccccc6)c5)c4)nc4oc5ccccc5c34)c2)cc1. The molecule has 12 rings (SSSR count). The second-order valence-corrected chi connectivity index (χ2v) is 15.8. The first-order valence-electron chi connectivity index (χ1n) is 21.0. The highest BCUT2D eigenvalue weighted by atomic mass is 16.3. The summed E-state index contributed by atoms with van der Waals surface area (Å²) in [7, 11) is 0. The van der Waals surface area contributed by atoms with E-state index >= 15 is 0 Å². The van der Waals surface area contributed by atoms with Crippen LogP contribution in [-0.2, 0) is 0 Å². The van der Waals surface area contributed by atoms with E-state index in [1.165, 1.54) is 33.0 Å². The van der Waals surface area contributed by atoms with Crippen LogP contribution < -0.4 is 0 Å². The molecular weight excluding hydrogens is 755 g/mol. The van der Waals surface area contributed by atoms with E-state index < -0.39 is 0 Å². The van der Waals surface area contributed by atoms with E-state index in [9.17, 15) is 0 Å². The summed E-state index contributed by atoms with van der Waals surface area (Å²) in [6.07, 6.45) is 0. The Morgan fingerprint density at radius 1 is 0.339 bits per heavy atom. The Morgan fingerprint density at radius 2 is 0.903 bits per heavy atom. The Kier molecular flexibility index (Phi) is 8.46. The van der Waals surface area contributed by atoms with Crippen LogP contribution in [0.2, 0.25) is 0 Å². The van der Waals surface area contributed by atoms with Crippen molar-refractivity contribution in [3.05, 3.63) is 224 Å². The normalized spacial score (nSPS) is 11.5. The lowest BCUT2D eigenvalue weighted by Crippen LogP contribution is -1.95. The molecule has 0 aliphatic rings. The van der Waals surface area contributed by atoms with Gasteiger partial charge in [0, 0.05) is 33.0 Å². The molecule has 3 heterocycles. The third-order valence-corrected chi connectivity index (χ3v) is 12.0. The minimum absolute atomic E-state index is 0.568. The minimum Gasteiger partial charge on any atom is -0.438 e. The lowest BCUT2D eigenvalue weighted by Gasteiger charge is -2.12. The zero-order chi connectivity index (χ0) is 41.0. The van der Waals surface area contributed by atoms with Crippen molar-refractivity contribution in [2.24, 2.45) is 0 Å². The van der Waals surface area contributed by atoms with Crippen LogP contribution in [0.1, 0.15) is 0 Å². The van der Waals surface area contributed by atoms with Gasteiger partial charge in [-0.05, 0) is 93.0 Å². The fourth-order valence-electron chi connectivity index (χ4n) is 9.12. The summed E-state index contributed by atoms with van der Waals surface area (Å²) in [6.45, 7) is 0. The van der Waals surface area contributed by atoms with Gasteiger partial charge in [0.25, 0.3) is 0 Å². The van der Waals surface area contributed by atoms with Gasteiger partial charge in [-0.1, -0.05) is 176 Å². The van der Waals surface area contributed by atoms with Crippen molar-refractivity contribution in [2.75, 3.05) is 0 Å². The molecule has 0 amide bonds. The first-order valence-corrected chi connectivity index (χ1v) is 21.0. The average Bonchev–Trinajstić information content (AvgIpc) is 3.90. The summed E-state index contributed by atoms with van der Waals surface area (Å²) in [5.41, 5.74) is 16.7. The molecule has 0 N–H and O–H groups in total. The van der Waals surface area contributed by atoms with Crippen molar-refractivity contribution in [3.63, 3.8) is 0 Å². The number of hydrogen-bond acceptors (Lipinski definition) is 3. The van der Waals surface area contributed by atoms with Crippen molar-refractivity contribution in [2.45, 2.75) is 0 Å². The van der Waals surface area contributed by atoms with Crippen LogP contribution in [0.15, 0.2) is 229 Å². The summed E-state index contributed by atoms with van der Waals surface area (Å²) in [4.78, 5) is 10.5. The third-order valence-electron chi connectivity index (χ3n) is 12.0. The van der Waals surface area contributed by atoms with Gasteiger partial charge in [0.2, 0.25) is 5.71 Å². The Morgan fingerprint density at radius 3 is 1.65 bits per heavy atom. The summed E-state index contributed by atoms with van der Waals surface area (Å²) >= 11 is 0. The molecule has 0 bridgehead atoms. The molecule has 0 saturated heterocycles. The Balaban J connectivity index is 1.06. The second-order valence-electron chi connectivity index (χ2n) is 15.8. The number of benzene rings is 9. The molecule has 0 fully saturated rings. The molecule has 9 aromatic carbocycles. The van der Waals surface area contributed by atoms with Gasteiger partial charge in [-0.2, -0.15) is 4.98 Å². The van der Waals surface area contributed by atoms with E-state index in [4.69, 9.17) is 14.4 Å². The molecule has 290 valence electrons. The van der Waals surface area contributed by atoms with Crippen molar-refractivity contribution >= 4 is 43.9 Å². The van der Waals surface area contributed by atoms with Crippen LogP contribution in [0.25, 0.3) is 117 Å². The van der Waals surface area contributed by atoms with Crippen LogP contribution in [0.4, 0.5) is 0 Å². The van der Waals surface area contributed by atoms with E-state index in [2.05, 4.69) is 205 Å². The summed E-state index contributed by atoms with van der Waals surface area (Å²) in [5, 5.41) is 4.28. The predicted molar refractivity (Wildman–Crippen MR) is 256 cm³/mol. The van der Waals surface area contributed by atoms with Crippen LogP contribution in [-0.4, -0.2) is 14.5 Å². The molecule has 4 nitrogen and oxygen atoms in total. The Hall–Kier alpha value is -8.34. The van der Waals surface area contributed by atoms with Crippen molar-refractivity contribution in [1.29, 1.82) is 0 Å². The molecule has 0 saturated carbocycles. The molecule has 62 heavy (non-hydrogen) atoms. The Bertz CT molecular complexity index is 3620. The number of para-hydroxylation sites is 1. The third kappa shape index (κ3) is 6.08. The van der Waals surface area contributed by atoms with Crippen molar-refractivity contribution in [3.8, 4) is 72.8 Å². The molecule has 0 aliphatic heterocycles. The monoisotopic (exact) mass is 791 g/mol. The van der Waals surface area contributed by atoms with E-state index in [0.29, 0.717) is 11.5 Å². The van der Waals surface area contributed by atoms with E-state index in [-0.39, 0.29) is 0 Å². The topological polar surface area (TPSA) is 43.9 Å². The van der Waals surface area contributed by atoms with Gasteiger partial charge in [0.15, 0.2) is 5.82 Å². The number of hydrogen-bond donors (Lipinski definition) is 0. The highest BCUT2D eigenvalue weighted by Crippen LogP contribution is 2.42. The van der Waals surface area contributed by atoms with Crippen LogP contribution >= 0.6 is 0 Å². The highest BCUT2D eigenvalue weighted by Gasteiger charge is 2.21. The van der Waals surface area contributed by atoms with Crippen molar-refractivity contribution in [1.82, 2.24) is 14.5 Å². The lowest BCUT2D eigenvalue weighted by atomic mass is 9.96. The van der Waals surface area contributed by atoms with Gasteiger partial charge >= 0.3 is 0 Å². The molecule has 0 unspecified atom stereocenters. The van der Waals surface area contributed by atoms with Crippen LogP contribution in [0, 0.1) is 0 Å². The van der Waals surface area contributed by atoms with Gasteiger partial charge < -0.3 is 8.98 Å². The molecule has 12 aromatic rings. The number of furan rings is 1. The first-order chi connectivity index (χ1) is 30.7. The predicted octanol–water partition coefficient (Wildman–Crippen LogP) is 15.5. The number of aromatic nitrogens is 3. The molecule has 0 aliphatic carbocycles.